The monoisotopic (exact) mass is 228 g/mol. The summed E-state index contributed by atoms with van der Waals surface area (Å²) in [6.45, 7) is 0. The fraction of sp³-hybridized carbons (Fsp3) is 0. The Bertz CT molecular complexity index is 383. The highest BCUT2D eigenvalue weighted by molar-refractivity contribution is 6.33. The molecule has 0 saturated heterocycles. The number of nitrogens with one attached hydrogen (secondary N) is 3. The quantitative estimate of drug-likeness (QED) is 0.541. The molecular weight excluding hydrogens is 220 g/mol. The Balaban J connectivity index is 2.52. The van der Waals surface area contributed by atoms with E-state index in [1.165, 1.54) is 0 Å². The van der Waals surface area contributed by atoms with Crippen LogP contribution in [0, 0.1) is 0 Å². The van der Waals surface area contributed by atoms with E-state index in [0.29, 0.717) is 10.7 Å². The van der Waals surface area contributed by atoms with Crippen LogP contribution in [0.1, 0.15) is 0 Å². The van der Waals surface area contributed by atoms with Gasteiger partial charge in [0.25, 0.3) is 0 Å². The third-order valence-electron chi connectivity index (χ3n) is 1.42. The van der Waals surface area contributed by atoms with Crippen molar-refractivity contribution in [3.63, 3.8) is 0 Å². The molecule has 0 spiro atoms. The van der Waals surface area contributed by atoms with Crippen molar-refractivity contribution < 1.29 is 9.59 Å². The van der Waals surface area contributed by atoms with Crippen LogP contribution in [0.3, 0.4) is 0 Å². The number of urea groups is 2. The highest BCUT2D eigenvalue weighted by Gasteiger charge is 2.04. The minimum Gasteiger partial charge on any atom is -0.350 e. The number of para-hydroxylation sites is 1. The Morgan fingerprint density at radius 2 is 1.87 bits per heavy atom. The number of hydrazine groups is 1. The maximum absolute atomic E-state index is 11.1. The molecule has 15 heavy (non-hydrogen) atoms. The maximum atomic E-state index is 11.1. The number of nitrogens with two attached hydrogens (primary N) is 1. The summed E-state index contributed by atoms with van der Waals surface area (Å²) in [6.07, 6.45) is 0. The smallest absolute Gasteiger partial charge is 0.338 e. The lowest BCUT2D eigenvalue weighted by molar-refractivity contribution is 0.235. The summed E-state index contributed by atoms with van der Waals surface area (Å²) in [5.74, 6) is 0. The van der Waals surface area contributed by atoms with Crippen molar-refractivity contribution >= 4 is 29.4 Å². The standard InChI is InChI=1S/C8H9ClN4O2/c9-5-3-1-2-4-6(5)11-8(15)13-12-7(10)14/h1-4H,(H3,10,12,14)(H2,11,13,15). The number of halogens is 1. The van der Waals surface area contributed by atoms with Crippen LogP contribution in [-0.4, -0.2) is 12.1 Å². The van der Waals surface area contributed by atoms with Crippen LogP contribution in [-0.2, 0) is 0 Å². The van der Waals surface area contributed by atoms with Crippen LogP contribution in [0.25, 0.3) is 0 Å². The lowest BCUT2D eigenvalue weighted by Crippen LogP contribution is -2.46. The molecular formula is C8H9ClN4O2. The molecule has 4 amide bonds. The molecule has 80 valence electrons. The zero-order chi connectivity index (χ0) is 11.3. The normalized spacial score (nSPS) is 9.13. The molecule has 0 aliphatic carbocycles. The van der Waals surface area contributed by atoms with Crippen LogP contribution in [0.4, 0.5) is 15.3 Å². The Morgan fingerprint density at radius 1 is 1.20 bits per heavy atom. The van der Waals surface area contributed by atoms with Crippen molar-refractivity contribution in [1.82, 2.24) is 10.9 Å². The van der Waals surface area contributed by atoms with Crippen LogP contribution in [0.15, 0.2) is 24.3 Å². The third kappa shape index (κ3) is 3.74. The Morgan fingerprint density at radius 3 is 2.47 bits per heavy atom. The zero-order valence-electron chi connectivity index (χ0n) is 7.58. The summed E-state index contributed by atoms with van der Waals surface area (Å²) >= 11 is 5.78. The van der Waals surface area contributed by atoms with Crippen molar-refractivity contribution in [2.45, 2.75) is 0 Å². The summed E-state index contributed by atoms with van der Waals surface area (Å²) < 4.78 is 0. The van der Waals surface area contributed by atoms with Crippen molar-refractivity contribution in [3.05, 3.63) is 29.3 Å². The van der Waals surface area contributed by atoms with E-state index in [1.807, 2.05) is 10.9 Å². The van der Waals surface area contributed by atoms with Gasteiger partial charge >= 0.3 is 12.1 Å². The van der Waals surface area contributed by atoms with Gasteiger partial charge in [0, 0.05) is 0 Å². The first-order valence-electron chi connectivity index (χ1n) is 3.96. The SMILES string of the molecule is NC(=O)NNC(=O)Nc1ccccc1Cl. The molecule has 0 radical (unpaired) electrons. The molecule has 0 aliphatic rings. The Kier molecular flexibility index (Phi) is 3.75. The lowest BCUT2D eigenvalue weighted by Gasteiger charge is -2.08. The lowest BCUT2D eigenvalue weighted by atomic mass is 10.3. The number of benzene rings is 1. The van der Waals surface area contributed by atoms with Gasteiger partial charge in [0.2, 0.25) is 0 Å². The van der Waals surface area contributed by atoms with Crippen LogP contribution in [0.2, 0.25) is 5.02 Å². The van der Waals surface area contributed by atoms with Crippen molar-refractivity contribution in [2.24, 2.45) is 5.73 Å². The number of hydrogen-bond acceptors (Lipinski definition) is 2. The second-order valence-electron chi connectivity index (χ2n) is 2.55. The Hall–Kier alpha value is -1.95. The van der Waals surface area contributed by atoms with Gasteiger partial charge in [0.1, 0.15) is 0 Å². The van der Waals surface area contributed by atoms with Gasteiger partial charge in [-0.05, 0) is 12.1 Å². The van der Waals surface area contributed by atoms with Crippen molar-refractivity contribution in [2.75, 3.05) is 5.32 Å². The molecule has 7 heteroatoms. The topological polar surface area (TPSA) is 96.2 Å². The summed E-state index contributed by atoms with van der Waals surface area (Å²) in [4.78, 5) is 21.4. The predicted molar refractivity (Wildman–Crippen MR) is 56.3 cm³/mol. The fourth-order valence-corrected chi connectivity index (χ4v) is 1.02. The number of carbonyl (C=O) groups excluding carboxylic acids is 2. The number of hydrogen-bond donors (Lipinski definition) is 4. The minimum absolute atomic E-state index is 0.395. The van der Waals surface area contributed by atoms with E-state index in [-0.39, 0.29) is 0 Å². The molecule has 6 nitrogen and oxygen atoms in total. The second kappa shape index (κ2) is 5.06. The van der Waals surface area contributed by atoms with Gasteiger partial charge in [0.05, 0.1) is 10.7 Å². The van der Waals surface area contributed by atoms with Gasteiger partial charge in [-0.3, -0.25) is 0 Å². The molecule has 0 aromatic heterocycles. The third-order valence-corrected chi connectivity index (χ3v) is 1.75. The molecule has 0 saturated carbocycles. The van der Waals surface area contributed by atoms with E-state index in [4.69, 9.17) is 17.3 Å². The molecule has 0 aliphatic heterocycles. The second-order valence-corrected chi connectivity index (χ2v) is 2.96. The van der Waals surface area contributed by atoms with E-state index in [2.05, 4.69) is 5.32 Å². The number of carbonyl (C=O) groups is 2. The molecule has 5 N–H and O–H groups in total. The number of anilines is 1. The highest BCUT2D eigenvalue weighted by Crippen LogP contribution is 2.19. The molecule has 0 bridgehead atoms. The van der Waals surface area contributed by atoms with E-state index >= 15 is 0 Å². The summed E-state index contributed by atoms with van der Waals surface area (Å²) in [7, 11) is 0. The summed E-state index contributed by atoms with van der Waals surface area (Å²) in [5.41, 5.74) is 9.12. The van der Waals surface area contributed by atoms with Gasteiger partial charge in [-0.1, -0.05) is 23.7 Å². The fourth-order valence-electron chi connectivity index (χ4n) is 0.835. The summed E-state index contributed by atoms with van der Waals surface area (Å²) in [5, 5.41) is 2.81. The highest BCUT2D eigenvalue weighted by atomic mass is 35.5. The molecule has 1 aromatic rings. The van der Waals surface area contributed by atoms with Gasteiger partial charge in [-0.15, -0.1) is 0 Å². The van der Waals surface area contributed by atoms with Crippen molar-refractivity contribution in [3.8, 4) is 0 Å². The van der Waals surface area contributed by atoms with Crippen LogP contribution in [0.5, 0.6) is 0 Å². The number of primary amides is 1. The van der Waals surface area contributed by atoms with Gasteiger partial charge in [-0.2, -0.15) is 0 Å². The maximum Gasteiger partial charge on any atom is 0.338 e. The average Bonchev–Trinajstić information content (AvgIpc) is 2.18. The minimum atomic E-state index is -0.857. The molecule has 0 fully saturated rings. The van der Waals surface area contributed by atoms with E-state index in [9.17, 15) is 9.59 Å². The van der Waals surface area contributed by atoms with Gasteiger partial charge < -0.3 is 11.1 Å². The molecule has 1 aromatic carbocycles. The molecule has 0 atom stereocenters. The van der Waals surface area contributed by atoms with Crippen molar-refractivity contribution in [1.29, 1.82) is 0 Å². The van der Waals surface area contributed by atoms with Gasteiger partial charge in [0.15, 0.2) is 0 Å². The first kappa shape index (κ1) is 11.1. The number of rotatable bonds is 1. The van der Waals surface area contributed by atoms with E-state index < -0.39 is 12.1 Å². The largest absolute Gasteiger partial charge is 0.350 e. The first-order chi connectivity index (χ1) is 7.09. The zero-order valence-corrected chi connectivity index (χ0v) is 8.34. The molecule has 0 unspecified atom stereocenters. The average molecular weight is 229 g/mol. The molecule has 1 rings (SSSR count). The number of amides is 4. The summed E-state index contributed by atoms with van der Waals surface area (Å²) in [6, 6.07) is 5.19. The van der Waals surface area contributed by atoms with E-state index in [1.54, 1.807) is 24.3 Å². The first-order valence-corrected chi connectivity index (χ1v) is 4.34. The van der Waals surface area contributed by atoms with E-state index in [0.717, 1.165) is 0 Å². The van der Waals surface area contributed by atoms with Gasteiger partial charge in [-0.25, -0.2) is 20.4 Å². The Labute approximate surface area is 90.7 Å². The van der Waals surface area contributed by atoms with Crippen LogP contribution >= 0.6 is 11.6 Å². The van der Waals surface area contributed by atoms with Crippen LogP contribution < -0.4 is 21.9 Å². The predicted octanol–water partition coefficient (Wildman–Crippen LogP) is 1.04. The molecule has 0 heterocycles.